The summed E-state index contributed by atoms with van der Waals surface area (Å²) in [4.78, 5) is 31.8. The van der Waals surface area contributed by atoms with Crippen LogP contribution in [-0.4, -0.2) is 50.8 Å². The molecule has 2 aromatic heterocycles. The highest BCUT2D eigenvalue weighted by atomic mass is 16.5. The molecule has 0 N–H and O–H groups in total. The lowest BCUT2D eigenvalue weighted by Gasteiger charge is -2.23. The van der Waals surface area contributed by atoms with Crippen LogP contribution in [0, 0.1) is 0 Å². The molecule has 2 aliphatic heterocycles. The van der Waals surface area contributed by atoms with Crippen molar-refractivity contribution in [3.05, 3.63) is 70.5 Å². The highest BCUT2D eigenvalue weighted by Gasteiger charge is 2.48. The number of hydrogen-bond acceptors (Lipinski definition) is 6. The molecule has 8 nitrogen and oxygen atoms in total. The van der Waals surface area contributed by atoms with E-state index >= 15 is 0 Å². The largest absolute Gasteiger partial charge is 0.497 e. The van der Waals surface area contributed by atoms with Gasteiger partial charge < -0.3 is 9.64 Å². The van der Waals surface area contributed by atoms with Gasteiger partial charge in [-0.3, -0.25) is 19.1 Å². The number of rotatable bonds is 3. The molecule has 4 heterocycles. The second kappa shape index (κ2) is 7.05. The first-order chi connectivity index (χ1) is 14.6. The van der Waals surface area contributed by atoms with Gasteiger partial charge in [-0.2, -0.15) is 0 Å². The predicted octanol–water partition coefficient (Wildman–Crippen LogP) is 1.90. The van der Waals surface area contributed by atoms with Gasteiger partial charge in [-0.25, -0.2) is 0 Å². The molecule has 1 atom stereocenters. The van der Waals surface area contributed by atoms with E-state index in [1.165, 1.54) is 0 Å². The summed E-state index contributed by atoms with van der Waals surface area (Å²) in [6.07, 6.45) is 4.80. The van der Waals surface area contributed by atoms with E-state index in [1.54, 1.807) is 48.3 Å². The van der Waals surface area contributed by atoms with Gasteiger partial charge in [0.25, 0.3) is 11.5 Å². The zero-order valence-electron chi connectivity index (χ0n) is 16.6. The van der Waals surface area contributed by atoms with Gasteiger partial charge >= 0.3 is 0 Å². The molecule has 30 heavy (non-hydrogen) atoms. The summed E-state index contributed by atoms with van der Waals surface area (Å²) in [5.41, 5.74) is 1.22. The van der Waals surface area contributed by atoms with Crippen molar-refractivity contribution in [3.8, 4) is 17.0 Å². The highest BCUT2D eigenvalue weighted by molar-refractivity contribution is 5.94. The van der Waals surface area contributed by atoms with Crippen molar-refractivity contribution in [1.29, 1.82) is 0 Å². The Bertz CT molecular complexity index is 1160. The van der Waals surface area contributed by atoms with E-state index in [0.29, 0.717) is 42.3 Å². The van der Waals surface area contributed by atoms with Crippen molar-refractivity contribution in [3.63, 3.8) is 0 Å². The van der Waals surface area contributed by atoms with Crippen LogP contribution >= 0.6 is 0 Å². The molecule has 0 bridgehead atoms. The summed E-state index contributed by atoms with van der Waals surface area (Å²) in [6, 6.07) is 10.7. The van der Waals surface area contributed by atoms with E-state index in [9.17, 15) is 9.59 Å². The second-order valence-electron chi connectivity index (χ2n) is 7.80. The summed E-state index contributed by atoms with van der Waals surface area (Å²) < 4.78 is 6.91. The fourth-order valence-corrected chi connectivity index (χ4v) is 4.50. The van der Waals surface area contributed by atoms with Crippen LogP contribution in [0.1, 0.15) is 29.0 Å². The van der Waals surface area contributed by atoms with Crippen molar-refractivity contribution in [2.75, 3.05) is 20.2 Å². The maximum absolute atomic E-state index is 13.1. The molecule has 152 valence electrons. The zero-order valence-corrected chi connectivity index (χ0v) is 16.6. The number of aromatic nitrogens is 4. The number of ether oxygens (including phenoxy) is 1. The van der Waals surface area contributed by atoms with Crippen molar-refractivity contribution in [2.45, 2.75) is 24.8 Å². The van der Waals surface area contributed by atoms with E-state index in [4.69, 9.17) is 4.74 Å². The Morgan fingerprint density at radius 2 is 1.77 bits per heavy atom. The summed E-state index contributed by atoms with van der Waals surface area (Å²) >= 11 is 0. The molecule has 0 aliphatic carbocycles. The lowest BCUT2D eigenvalue weighted by atomic mass is 9.85. The number of pyridine rings is 1. The van der Waals surface area contributed by atoms with Crippen LogP contribution < -0.4 is 10.3 Å². The number of likely N-dealkylation sites (tertiary alicyclic amines) is 1. The average Bonchev–Trinajstić information content (AvgIpc) is 3.39. The number of fused-ring (bicyclic) bond motifs is 2. The summed E-state index contributed by atoms with van der Waals surface area (Å²) in [6.45, 7) is 1.77. The normalized spacial score (nSPS) is 19.8. The van der Waals surface area contributed by atoms with Gasteiger partial charge in [0.15, 0.2) is 5.69 Å². The summed E-state index contributed by atoms with van der Waals surface area (Å²) in [7, 11) is 1.60. The lowest BCUT2D eigenvalue weighted by Crippen LogP contribution is -2.35. The first-order valence-corrected chi connectivity index (χ1v) is 9.93. The smallest absolute Gasteiger partial charge is 0.280 e. The Kier molecular flexibility index (Phi) is 4.34. The molecule has 8 heteroatoms. The number of carbonyl (C=O) groups excluding carboxylic acids is 1. The van der Waals surface area contributed by atoms with Gasteiger partial charge in [0, 0.05) is 43.2 Å². The Morgan fingerprint density at radius 3 is 2.50 bits per heavy atom. The predicted molar refractivity (Wildman–Crippen MR) is 109 cm³/mol. The van der Waals surface area contributed by atoms with Crippen molar-refractivity contribution >= 4 is 5.91 Å². The van der Waals surface area contributed by atoms with E-state index in [1.807, 2.05) is 17.0 Å². The van der Waals surface area contributed by atoms with Crippen molar-refractivity contribution in [1.82, 2.24) is 24.6 Å². The second-order valence-corrected chi connectivity index (χ2v) is 7.80. The van der Waals surface area contributed by atoms with Gasteiger partial charge in [0.2, 0.25) is 0 Å². The SMILES string of the molecule is COc1ccc(-c2nnc3n(c2=O)CCC32CCN(C(=O)c3ccncc3)C2)cc1. The molecule has 2 aliphatic rings. The zero-order chi connectivity index (χ0) is 20.7. The van der Waals surface area contributed by atoms with E-state index in [2.05, 4.69) is 15.2 Å². The molecule has 3 aromatic rings. The molecule has 1 fully saturated rings. The van der Waals surface area contributed by atoms with Gasteiger partial charge in [0.1, 0.15) is 11.6 Å². The van der Waals surface area contributed by atoms with E-state index in [-0.39, 0.29) is 16.9 Å². The molecule has 1 amide bonds. The average molecular weight is 403 g/mol. The van der Waals surface area contributed by atoms with Crippen LogP contribution in [0.15, 0.2) is 53.6 Å². The van der Waals surface area contributed by atoms with Crippen LogP contribution in [0.4, 0.5) is 0 Å². The number of methoxy groups -OCH3 is 1. The van der Waals surface area contributed by atoms with Crippen molar-refractivity contribution in [2.24, 2.45) is 0 Å². The lowest BCUT2D eigenvalue weighted by molar-refractivity contribution is 0.0783. The fraction of sp³-hybridized carbons (Fsp3) is 0.318. The van der Waals surface area contributed by atoms with Gasteiger partial charge in [0.05, 0.1) is 12.5 Å². The Hall–Kier alpha value is -3.55. The third-order valence-corrected chi connectivity index (χ3v) is 6.17. The van der Waals surface area contributed by atoms with Gasteiger partial charge in [-0.1, -0.05) is 0 Å². The van der Waals surface area contributed by atoms with Crippen molar-refractivity contribution < 1.29 is 9.53 Å². The fourth-order valence-electron chi connectivity index (χ4n) is 4.50. The Balaban J connectivity index is 1.44. The minimum atomic E-state index is -0.312. The first kappa shape index (κ1) is 18.5. The number of benzene rings is 1. The monoisotopic (exact) mass is 403 g/mol. The molecular weight excluding hydrogens is 382 g/mol. The minimum Gasteiger partial charge on any atom is -0.497 e. The van der Waals surface area contributed by atoms with E-state index in [0.717, 1.165) is 18.6 Å². The molecule has 1 aromatic carbocycles. The summed E-state index contributed by atoms with van der Waals surface area (Å²) in [5, 5.41) is 8.76. The minimum absolute atomic E-state index is 0.0158. The quantitative estimate of drug-likeness (QED) is 0.663. The topological polar surface area (TPSA) is 90.2 Å². The molecule has 0 saturated carbocycles. The van der Waals surface area contributed by atoms with Gasteiger partial charge in [-0.05, 0) is 49.2 Å². The summed E-state index contributed by atoms with van der Waals surface area (Å²) in [5.74, 6) is 1.39. The van der Waals surface area contributed by atoms with E-state index < -0.39 is 0 Å². The Labute approximate surface area is 173 Å². The molecule has 1 saturated heterocycles. The molecule has 1 unspecified atom stereocenters. The highest BCUT2D eigenvalue weighted by Crippen LogP contribution is 2.41. The number of hydrogen-bond donors (Lipinski definition) is 0. The number of amides is 1. The third kappa shape index (κ3) is 2.87. The Morgan fingerprint density at radius 1 is 1.03 bits per heavy atom. The molecule has 1 spiro atoms. The van der Waals surface area contributed by atoms with Gasteiger partial charge in [-0.15, -0.1) is 10.2 Å². The standard InChI is InChI=1S/C22H21N5O3/c1-30-17-4-2-15(3-5-17)18-20(29)27-13-9-22(21(27)25-24-18)8-12-26(14-22)19(28)16-6-10-23-11-7-16/h2-7,10-11H,8-9,12-14H2,1H3. The van der Waals surface area contributed by atoms with Crippen LogP contribution in [0.2, 0.25) is 0 Å². The maximum Gasteiger partial charge on any atom is 0.280 e. The van der Waals surface area contributed by atoms with Crippen LogP contribution in [0.5, 0.6) is 5.75 Å². The van der Waals surface area contributed by atoms with Crippen LogP contribution in [0.25, 0.3) is 11.3 Å². The van der Waals surface area contributed by atoms with Crippen LogP contribution in [-0.2, 0) is 12.0 Å². The first-order valence-electron chi connectivity index (χ1n) is 9.93. The van der Waals surface area contributed by atoms with Crippen LogP contribution in [0.3, 0.4) is 0 Å². The third-order valence-electron chi connectivity index (χ3n) is 6.17. The molecule has 5 rings (SSSR count). The number of nitrogens with zero attached hydrogens (tertiary/aromatic N) is 5. The molecular formula is C22H21N5O3. The number of carbonyl (C=O) groups is 1. The maximum atomic E-state index is 13.1. The molecule has 0 radical (unpaired) electrons.